The van der Waals surface area contributed by atoms with Crippen LogP contribution in [0.15, 0.2) is 30.3 Å². The van der Waals surface area contributed by atoms with Gasteiger partial charge in [-0.05, 0) is 49.7 Å². The fraction of sp³-hybridized carbons (Fsp3) is 0.679. The van der Waals surface area contributed by atoms with E-state index in [4.69, 9.17) is 14.2 Å². The van der Waals surface area contributed by atoms with E-state index in [1.165, 1.54) is 0 Å². The Kier molecular flexibility index (Phi) is 23.6. The van der Waals surface area contributed by atoms with Gasteiger partial charge in [-0.25, -0.2) is 4.79 Å². The number of carbonyl (C=O) groups excluding carboxylic acids is 3. The lowest BCUT2D eigenvalue weighted by Crippen LogP contribution is -2.06. The Bertz CT molecular complexity index is 625. The second-order valence-corrected chi connectivity index (χ2v) is 8.77. The number of hydrogen-bond acceptors (Lipinski definition) is 6. The first kappa shape index (κ1) is 33.8. The highest BCUT2D eigenvalue weighted by atomic mass is 16.5. The van der Waals surface area contributed by atoms with Crippen LogP contribution in [0.3, 0.4) is 0 Å². The molecule has 1 rings (SSSR count). The molecule has 0 heterocycles. The van der Waals surface area contributed by atoms with E-state index in [2.05, 4.69) is 34.6 Å². The fourth-order valence-corrected chi connectivity index (χ4v) is 2.16. The largest absolute Gasteiger partial charge is 0.466 e. The Morgan fingerprint density at radius 1 is 0.706 bits per heavy atom. The van der Waals surface area contributed by atoms with Gasteiger partial charge in [0.1, 0.15) is 0 Å². The zero-order valence-corrected chi connectivity index (χ0v) is 22.6. The lowest BCUT2D eigenvalue weighted by atomic mass is 10.1. The van der Waals surface area contributed by atoms with Crippen LogP contribution in [0, 0.1) is 11.8 Å². The van der Waals surface area contributed by atoms with E-state index in [0.717, 1.165) is 32.1 Å². The number of ether oxygens (including phenoxy) is 3. The van der Waals surface area contributed by atoms with Crippen molar-refractivity contribution in [3.63, 3.8) is 0 Å². The van der Waals surface area contributed by atoms with E-state index in [-0.39, 0.29) is 17.9 Å². The van der Waals surface area contributed by atoms with Crippen LogP contribution < -0.4 is 0 Å². The minimum absolute atomic E-state index is 0.0619. The van der Waals surface area contributed by atoms with Crippen LogP contribution in [0.2, 0.25) is 0 Å². The van der Waals surface area contributed by atoms with Gasteiger partial charge < -0.3 is 14.2 Å². The molecule has 0 aliphatic carbocycles. The molecule has 0 unspecified atom stereocenters. The Labute approximate surface area is 207 Å². The van der Waals surface area contributed by atoms with Crippen molar-refractivity contribution >= 4 is 17.9 Å². The third kappa shape index (κ3) is 24.3. The molecule has 0 amide bonds. The molecular weight excluding hydrogens is 432 g/mol. The lowest BCUT2D eigenvalue weighted by molar-refractivity contribution is -0.144. The summed E-state index contributed by atoms with van der Waals surface area (Å²) in [5.41, 5.74) is 0.624. The molecule has 6 nitrogen and oxygen atoms in total. The lowest BCUT2D eigenvalue weighted by Gasteiger charge is -2.05. The number of esters is 3. The minimum atomic E-state index is -0.228. The predicted octanol–water partition coefficient (Wildman–Crippen LogP) is 7.01. The van der Waals surface area contributed by atoms with Crippen molar-refractivity contribution < 1.29 is 28.6 Å². The number of hydrogen-bond donors (Lipinski definition) is 0. The van der Waals surface area contributed by atoms with E-state index in [9.17, 15) is 14.4 Å². The highest BCUT2D eigenvalue weighted by molar-refractivity contribution is 5.89. The van der Waals surface area contributed by atoms with Crippen molar-refractivity contribution in [2.75, 3.05) is 19.8 Å². The van der Waals surface area contributed by atoms with Gasteiger partial charge in [-0.2, -0.15) is 0 Å². The van der Waals surface area contributed by atoms with Gasteiger partial charge in [0.15, 0.2) is 0 Å². The SMILES string of the molecule is CCC(=O)OCCC(C)C.CCCC(=O)OCCC(C)C.CCCCOC(=O)c1ccccc1. The number of carbonyl (C=O) groups is 3. The summed E-state index contributed by atoms with van der Waals surface area (Å²) in [7, 11) is 0. The van der Waals surface area contributed by atoms with Gasteiger partial charge in [-0.15, -0.1) is 0 Å². The Morgan fingerprint density at radius 3 is 1.68 bits per heavy atom. The minimum Gasteiger partial charge on any atom is -0.466 e. The normalized spacial score (nSPS) is 9.91. The van der Waals surface area contributed by atoms with Crippen molar-refractivity contribution in [2.24, 2.45) is 11.8 Å². The van der Waals surface area contributed by atoms with Gasteiger partial charge >= 0.3 is 17.9 Å². The second-order valence-electron chi connectivity index (χ2n) is 8.77. The summed E-state index contributed by atoms with van der Waals surface area (Å²) in [6, 6.07) is 9.05. The molecule has 0 bridgehead atoms. The summed E-state index contributed by atoms with van der Waals surface area (Å²) in [6.45, 7) is 16.0. The molecule has 0 spiro atoms. The van der Waals surface area contributed by atoms with Crippen molar-refractivity contribution in [1.82, 2.24) is 0 Å². The summed E-state index contributed by atoms with van der Waals surface area (Å²) in [4.78, 5) is 32.7. The monoisotopic (exact) mass is 480 g/mol. The van der Waals surface area contributed by atoms with E-state index >= 15 is 0 Å². The molecule has 0 saturated carbocycles. The summed E-state index contributed by atoms with van der Waals surface area (Å²) in [6.07, 6.45) is 5.82. The molecule has 6 heteroatoms. The molecule has 0 aliphatic rings. The number of unbranched alkanes of at least 4 members (excludes halogenated alkanes) is 1. The first-order valence-electron chi connectivity index (χ1n) is 12.7. The first-order chi connectivity index (χ1) is 16.2. The zero-order chi connectivity index (χ0) is 26.2. The van der Waals surface area contributed by atoms with Gasteiger partial charge in [0.2, 0.25) is 0 Å². The zero-order valence-electron chi connectivity index (χ0n) is 22.6. The van der Waals surface area contributed by atoms with Crippen molar-refractivity contribution in [2.45, 2.75) is 93.4 Å². The first-order valence-corrected chi connectivity index (χ1v) is 12.7. The maximum atomic E-state index is 11.3. The summed E-state index contributed by atoms with van der Waals surface area (Å²) in [5, 5.41) is 0. The van der Waals surface area contributed by atoms with Crippen molar-refractivity contribution in [3.05, 3.63) is 35.9 Å². The maximum absolute atomic E-state index is 11.3. The van der Waals surface area contributed by atoms with E-state index in [1.807, 2.05) is 25.1 Å². The van der Waals surface area contributed by atoms with Gasteiger partial charge in [0, 0.05) is 12.8 Å². The van der Waals surface area contributed by atoms with E-state index in [1.54, 1.807) is 19.1 Å². The molecule has 196 valence electrons. The van der Waals surface area contributed by atoms with Gasteiger partial charge in [0.25, 0.3) is 0 Å². The Hall–Kier alpha value is -2.37. The Balaban J connectivity index is 0. The van der Waals surface area contributed by atoms with E-state index < -0.39 is 0 Å². The van der Waals surface area contributed by atoms with Crippen LogP contribution in [0.5, 0.6) is 0 Å². The molecule has 0 fully saturated rings. The van der Waals surface area contributed by atoms with Crippen LogP contribution in [0.1, 0.15) is 104 Å². The Morgan fingerprint density at radius 2 is 1.24 bits per heavy atom. The summed E-state index contributed by atoms with van der Waals surface area (Å²) < 4.78 is 14.8. The molecule has 34 heavy (non-hydrogen) atoms. The quantitative estimate of drug-likeness (QED) is 0.172. The maximum Gasteiger partial charge on any atom is 0.338 e. The van der Waals surface area contributed by atoms with Crippen LogP contribution >= 0.6 is 0 Å². The number of rotatable bonds is 13. The topological polar surface area (TPSA) is 78.9 Å². The highest BCUT2D eigenvalue weighted by Gasteiger charge is 2.04. The molecule has 1 aromatic rings. The summed E-state index contributed by atoms with van der Waals surface area (Å²) >= 11 is 0. The van der Waals surface area contributed by atoms with Crippen molar-refractivity contribution in [1.29, 1.82) is 0 Å². The van der Waals surface area contributed by atoms with Crippen LogP contribution in [-0.4, -0.2) is 37.7 Å². The second kappa shape index (κ2) is 23.8. The van der Waals surface area contributed by atoms with Gasteiger partial charge in [0.05, 0.1) is 25.4 Å². The molecular formula is C28H48O6. The van der Waals surface area contributed by atoms with Crippen LogP contribution in [0.4, 0.5) is 0 Å². The standard InChI is InChI=1S/C11H14O2.C9H18O2.C8H16O2/c1-2-3-9-13-11(12)10-7-5-4-6-8-10;1-4-5-9(10)11-7-6-8(2)3;1-4-8(9)10-6-5-7(2)3/h4-8H,2-3,9H2,1H3;8H,4-7H2,1-3H3;7H,4-6H2,1-3H3. The molecule has 0 atom stereocenters. The molecule has 0 aromatic heterocycles. The fourth-order valence-electron chi connectivity index (χ4n) is 2.16. The molecule has 0 saturated heterocycles. The van der Waals surface area contributed by atoms with Gasteiger partial charge in [-0.3, -0.25) is 9.59 Å². The third-order valence-electron chi connectivity index (χ3n) is 4.40. The molecule has 0 N–H and O–H groups in total. The summed E-state index contributed by atoms with van der Waals surface area (Å²) in [5.74, 6) is 0.844. The van der Waals surface area contributed by atoms with Crippen molar-refractivity contribution in [3.8, 4) is 0 Å². The number of benzene rings is 1. The van der Waals surface area contributed by atoms with Gasteiger partial charge in [-0.1, -0.05) is 73.1 Å². The highest BCUT2D eigenvalue weighted by Crippen LogP contribution is 2.02. The molecule has 0 radical (unpaired) electrons. The predicted molar refractivity (Wildman–Crippen MR) is 138 cm³/mol. The molecule has 0 aliphatic heterocycles. The average molecular weight is 481 g/mol. The average Bonchev–Trinajstić information content (AvgIpc) is 2.80. The van der Waals surface area contributed by atoms with Crippen LogP contribution in [-0.2, 0) is 23.8 Å². The molecule has 1 aromatic carbocycles. The van der Waals surface area contributed by atoms with E-state index in [0.29, 0.717) is 50.1 Å². The van der Waals surface area contributed by atoms with Crippen LogP contribution in [0.25, 0.3) is 0 Å². The third-order valence-corrected chi connectivity index (χ3v) is 4.40. The smallest absolute Gasteiger partial charge is 0.338 e.